The molecule has 0 aliphatic rings. The van der Waals surface area contributed by atoms with Crippen molar-refractivity contribution in [3.63, 3.8) is 0 Å². The predicted molar refractivity (Wildman–Crippen MR) is 60.0 cm³/mol. The number of benzene rings is 1. The van der Waals surface area contributed by atoms with E-state index in [-0.39, 0.29) is 11.4 Å². The third-order valence-electron chi connectivity index (χ3n) is 2.16. The summed E-state index contributed by atoms with van der Waals surface area (Å²) < 4.78 is 0. The smallest absolute Gasteiger partial charge is 0.292 e. The van der Waals surface area contributed by atoms with Crippen molar-refractivity contribution in [1.82, 2.24) is 0 Å². The van der Waals surface area contributed by atoms with E-state index in [1.54, 1.807) is 26.0 Å². The number of hydrogen-bond donors (Lipinski definition) is 2. The molecule has 0 aliphatic heterocycles. The zero-order chi connectivity index (χ0) is 12.3. The first kappa shape index (κ1) is 12.0. The molecule has 0 unspecified atom stereocenters. The lowest BCUT2D eigenvalue weighted by molar-refractivity contribution is -0.384. The molecule has 6 nitrogen and oxygen atoms in total. The monoisotopic (exact) mass is 223 g/mol. The maximum Gasteiger partial charge on any atom is 0.292 e. The van der Waals surface area contributed by atoms with Crippen LogP contribution in [0.4, 0.5) is 11.4 Å². The number of carbonyl (C=O) groups is 1. The third kappa shape index (κ3) is 2.47. The van der Waals surface area contributed by atoms with Crippen LogP contribution in [-0.4, -0.2) is 16.4 Å². The number of nitro benzene ring substituents is 1. The first-order valence-electron chi connectivity index (χ1n) is 4.66. The second kappa shape index (κ2) is 4.18. The van der Waals surface area contributed by atoms with Gasteiger partial charge in [-0.1, -0.05) is 12.1 Å². The number of nitrogens with one attached hydrogen (secondary N) is 1. The molecule has 86 valence electrons. The highest BCUT2D eigenvalue weighted by Gasteiger charge is 2.27. The number of nitrogens with zero attached hydrogens (tertiary/aromatic N) is 1. The molecule has 0 atom stereocenters. The van der Waals surface area contributed by atoms with Crippen LogP contribution < -0.4 is 11.1 Å². The van der Waals surface area contributed by atoms with Gasteiger partial charge in [0.25, 0.3) is 5.69 Å². The fourth-order valence-electron chi connectivity index (χ4n) is 1.14. The highest BCUT2D eigenvalue weighted by molar-refractivity contribution is 5.87. The van der Waals surface area contributed by atoms with E-state index in [1.807, 2.05) is 0 Å². The van der Waals surface area contributed by atoms with Gasteiger partial charge < -0.3 is 11.1 Å². The normalized spacial score (nSPS) is 10.9. The zero-order valence-electron chi connectivity index (χ0n) is 9.06. The van der Waals surface area contributed by atoms with E-state index in [0.717, 1.165) is 0 Å². The van der Waals surface area contributed by atoms with Crippen LogP contribution in [0.15, 0.2) is 24.3 Å². The standard InChI is InChI=1S/C10H13N3O3/c1-10(2,9(11)14)12-7-5-3-4-6-8(7)13(15)16/h3-6,12H,1-2H3,(H2,11,14). The molecule has 1 aromatic rings. The van der Waals surface area contributed by atoms with E-state index < -0.39 is 16.4 Å². The summed E-state index contributed by atoms with van der Waals surface area (Å²) in [5.74, 6) is -0.578. The molecule has 0 saturated heterocycles. The Hall–Kier alpha value is -2.11. The van der Waals surface area contributed by atoms with E-state index in [4.69, 9.17) is 5.73 Å². The average molecular weight is 223 g/mol. The molecule has 6 heteroatoms. The summed E-state index contributed by atoms with van der Waals surface area (Å²) in [7, 11) is 0. The summed E-state index contributed by atoms with van der Waals surface area (Å²) in [5, 5.41) is 13.5. The number of carbonyl (C=O) groups excluding carboxylic acids is 1. The summed E-state index contributed by atoms with van der Waals surface area (Å²) in [4.78, 5) is 21.3. The molecule has 1 aromatic carbocycles. The van der Waals surface area contributed by atoms with E-state index in [9.17, 15) is 14.9 Å². The number of hydrogen-bond acceptors (Lipinski definition) is 4. The number of primary amides is 1. The maximum absolute atomic E-state index is 11.1. The Kier molecular flexibility index (Phi) is 3.12. The fourth-order valence-corrected chi connectivity index (χ4v) is 1.14. The molecule has 1 rings (SSSR count). The summed E-state index contributed by atoms with van der Waals surface area (Å²) in [6.07, 6.45) is 0. The summed E-state index contributed by atoms with van der Waals surface area (Å²) in [6, 6.07) is 6.09. The molecule has 0 bridgehead atoms. The van der Waals surface area contributed by atoms with Gasteiger partial charge in [-0.2, -0.15) is 0 Å². The van der Waals surface area contributed by atoms with Gasteiger partial charge in [0.1, 0.15) is 11.2 Å². The Balaban J connectivity index is 3.06. The number of nitrogens with two attached hydrogens (primary N) is 1. The van der Waals surface area contributed by atoms with Crippen LogP contribution >= 0.6 is 0 Å². The molecule has 3 N–H and O–H groups in total. The van der Waals surface area contributed by atoms with Gasteiger partial charge in [0.15, 0.2) is 0 Å². The van der Waals surface area contributed by atoms with Crippen LogP contribution in [0.2, 0.25) is 0 Å². The molecular weight excluding hydrogens is 210 g/mol. The molecule has 1 amide bonds. The van der Waals surface area contributed by atoms with Crippen molar-refractivity contribution in [2.45, 2.75) is 19.4 Å². The quantitative estimate of drug-likeness (QED) is 0.593. The summed E-state index contributed by atoms with van der Waals surface area (Å²) in [5.41, 5.74) is 4.33. The van der Waals surface area contributed by atoms with Gasteiger partial charge in [-0.05, 0) is 19.9 Å². The van der Waals surface area contributed by atoms with Crippen LogP contribution in [-0.2, 0) is 4.79 Å². The summed E-state index contributed by atoms with van der Waals surface area (Å²) in [6.45, 7) is 3.12. The Morgan fingerprint density at radius 3 is 2.50 bits per heavy atom. The first-order valence-corrected chi connectivity index (χ1v) is 4.66. The van der Waals surface area contributed by atoms with Gasteiger partial charge in [0.2, 0.25) is 5.91 Å². The van der Waals surface area contributed by atoms with Gasteiger partial charge in [-0.15, -0.1) is 0 Å². The van der Waals surface area contributed by atoms with E-state index in [2.05, 4.69) is 5.32 Å². The molecule has 0 heterocycles. The van der Waals surface area contributed by atoms with Crippen molar-refractivity contribution in [2.24, 2.45) is 5.73 Å². The second-order valence-corrected chi connectivity index (χ2v) is 3.89. The Morgan fingerprint density at radius 1 is 1.44 bits per heavy atom. The number of rotatable bonds is 4. The molecule has 0 spiro atoms. The van der Waals surface area contributed by atoms with Crippen LogP contribution in [0.1, 0.15) is 13.8 Å². The minimum Gasteiger partial charge on any atom is -0.368 e. The minimum atomic E-state index is -1.04. The number of nitro groups is 1. The third-order valence-corrected chi connectivity index (χ3v) is 2.16. The first-order chi connectivity index (χ1) is 7.34. The SMILES string of the molecule is CC(C)(Nc1ccccc1[N+](=O)[O-])C(N)=O. The van der Waals surface area contributed by atoms with Crippen LogP contribution in [0, 0.1) is 10.1 Å². The topological polar surface area (TPSA) is 98.3 Å². The second-order valence-electron chi connectivity index (χ2n) is 3.89. The van der Waals surface area contributed by atoms with E-state index in [0.29, 0.717) is 0 Å². The summed E-state index contributed by atoms with van der Waals surface area (Å²) >= 11 is 0. The molecule has 0 aromatic heterocycles. The van der Waals surface area contributed by atoms with Gasteiger partial charge in [0, 0.05) is 6.07 Å². The van der Waals surface area contributed by atoms with Gasteiger partial charge in [-0.3, -0.25) is 14.9 Å². The fraction of sp³-hybridized carbons (Fsp3) is 0.300. The Morgan fingerprint density at radius 2 is 2.00 bits per heavy atom. The van der Waals surface area contributed by atoms with Crippen molar-refractivity contribution in [3.8, 4) is 0 Å². The lowest BCUT2D eigenvalue weighted by Gasteiger charge is -2.23. The van der Waals surface area contributed by atoms with Crippen molar-refractivity contribution in [3.05, 3.63) is 34.4 Å². The van der Waals surface area contributed by atoms with Crippen LogP contribution in [0.3, 0.4) is 0 Å². The maximum atomic E-state index is 11.1. The van der Waals surface area contributed by atoms with Crippen molar-refractivity contribution in [2.75, 3.05) is 5.32 Å². The minimum absolute atomic E-state index is 0.0863. The number of amides is 1. The van der Waals surface area contributed by atoms with E-state index in [1.165, 1.54) is 12.1 Å². The molecular formula is C10H13N3O3. The van der Waals surface area contributed by atoms with Crippen LogP contribution in [0.5, 0.6) is 0 Å². The van der Waals surface area contributed by atoms with Crippen molar-refractivity contribution < 1.29 is 9.72 Å². The lowest BCUT2D eigenvalue weighted by atomic mass is 10.0. The van der Waals surface area contributed by atoms with Crippen LogP contribution in [0.25, 0.3) is 0 Å². The molecule has 0 radical (unpaired) electrons. The lowest BCUT2D eigenvalue weighted by Crippen LogP contribution is -2.45. The number of para-hydroxylation sites is 2. The predicted octanol–water partition coefficient (Wildman–Crippen LogP) is 1.27. The van der Waals surface area contributed by atoms with Crippen molar-refractivity contribution >= 4 is 17.3 Å². The molecule has 0 fully saturated rings. The average Bonchev–Trinajstić information content (AvgIpc) is 2.17. The molecule has 0 saturated carbocycles. The highest BCUT2D eigenvalue weighted by Crippen LogP contribution is 2.26. The zero-order valence-corrected chi connectivity index (χ0v) is 9.06. The largest absolute Gasteiger partial charge is 0.368 e. The van der Waals surface area contributed by atoms with Gasteiger partial charge >= 0.3 is 0 Å². The highest BCUT2D eigenvalue weighted by atomic mass is 16.6. The van der Waals surface area contributed by atoms with Crippen molar-refractivity contribution in [1.29, 1.82) is 0 Å². The Bertz CT molecular complexity index is 429. The Labute approximate surface area is 92.6 Å². The van der Waals surface area contributed by atoms with Gasteiger partial charge in [-0.25, -0.2) is 0 Å². The van der Waals surface area contributed by atoms with E-state index >= 15 is 0 Å². The molecule has 16 heavy (non-hydrogen) atoms. The molecule has 0 aliphatic carbocycles. The van der Waals surface area contributed by atoms with Gasteiger partial charge in [0.05, 0.1) is 4.92 Å². The number of anilines is 1.